The first kappa shape index (κ1) is 22.2. The number of ether oxygens (including phenoxy) is 1. The summed E-state index contributed by atoms with van der Waals surface area (Å²) in [5.74, 6) is -0.633. The quantitative estimate of drug-likeness (QED) is 0.371. The average molecular weight is 462 g/mol. The van der Waals surface area contributed by atoms with E-state index >= 15 is 0 Å². The summed E-state index contributed by atoms with van der Waals surface area (Å²) < 4.78 is 19.1. The number of amides is 2. The third-order valence-electron chi connectivity index (χ3n) is 4.65. The Morgan fingerprint density at radius 2 is 1.82 bits per heavy atom. The van der Waals surface area contributed by atoms with Crippen LogP contribution >= 0.6 is 11.3 Å². The van der Waals surface area contributed by atoms with Crippen LogP contribution in [0.4, 0.5) is 15.1 Å². The van der Waals surface area contributed by atoms with Gasteiger partial charge in [0.1, 0.15) is 18.2 Å². The van der Waals surface area contributed by atoms with Crippen molar-refractivity contribution in [2.45, 2.75) is 13.5 Å². The first-order valence-corrected chi connectivity index (χ1v) is 10.9. The van der Waals surface area contributed by atoms with E-state index in [1.807, 2.05) is 18.2 Å². The van der Waals surface area contributed by atoms with E-state index in [-0.39, 0.29) is 11.5 Å². The van der Waals surface area contributed by atoms with E-state index in [1.54, 1.807) is 43.5 Å². The van der Waals surface area contributed by atoms with Crippen molar-refractivity contribution in [1.29, 1.82) is 0 Å². The molecule has 4 rings (SSSR count). The van der Waals surface area contributed by atoms with Crippen LogP contribution in [-0.4, -0.2) is 16.8 Å². The number of aryl methyl sites for hydroxylation is 1. The largest absolute Gasteiger partial charge is 0.487 e. The Labute approximate surface area is 194 Å². The summed E-state index contributed by atoms with van der Waals surface area (Å²) in [5.41, 5.74) is 2.30. The second-order valence-electron chi connectivity index (χ2n) is 7.18. The summed E-state index contributed by atoms with van der Waals surface area (Å²) in [6.07, 6.45) is 1.70. The van der Waals surface area contributed by atoms with Gasteiger partial charge in [0.15, 0.2) is 0 Å². The summed E-state index contributed by atoms with van der Waals surface area (Å²) in [4.78, 5) is 29.9. The smallest absolute Gasteiger partial charge is 0.266 e. The Hall–Kier alpha value is -4.04. The maximum Gasteiger partial charge on any atom is 0.266 e. The third kappa shape index (κ3) is 5.81. The Bertz CT molecular complexity index is 1290. The van der Waals surface area contributed by atoms with Crippen molar-refractivity contribution in [1.82, 2.24) is 4.98 Å². The number of nitrogens with zero attached hydrogens (tertiary/aromatic N) is 1. The molecule has 2 aromatic heterocycles. The first-order chi connectivity index (χ1) is 16.0. The Morgan fingerprint density at radius 1 is 0.970 bits per heavy atom. The van der Waals surface area contributed by atoms with Gasteiger partial charge in [0.25, 0.3) is 11.8 Å². The number of pyridine rings is 1. The number of aromatic nitrogens is 1. The monoisotopic (exact) mass is 461 g/mol. The molecule has 4 aromatic rings. The maximum absolute atomic E-state index is 13.4. The number of rotatable bonds is 7. The number of carbonyl (C=O) groups excluding carboxylic acids is 2. The fourth-order valence-corrected chi connectivity index (χ4v) is 4.04. The van der Waals surface area contributed by atoms with Crippen LogP contribution in [0.2, 0.25) is 0 Å². The highest BCUT2D eigenvalue weighted by Crippen LogP contribution is 2.28. The molecule has 2 heterocycles. The van der Waals surface area contributed by atoms with Gasteiger partial charge in [-0.25, -0.2) is 4.39 Å². The summed E-state index contributed by atoms with van der Waals surface area (Å²) in [5, 5.41) is 6.07. The molecule has 0 fully saturated rings. The van der Waals surface area contributed by atoms with Crippen LogP contribution in [0.5, 0.6) is 5.75 Å². The molecule has 0 aliphatic rings. The van der Waals surface area contributed by atoms with Crippen molar-refractivity contribution in [2.24, 2.45) is 0 Å². The minimum Gasteiger partial charge on any atom is -0.487 e. The zero-order valence-electron chi connectivity index (χ0n) is 17.7. The van der Waals surface area contributed by atoms with Crippen molar-refractivity contribution >= 4 is 33.8 Å². The van der Waals surface area contributed by atoms with E-state index in [1.165, 1.54) is 18.2 Å². The zero-order valence-corrected chi connectivity index (χ0v) is 18.5. The van der Waals surface area contributed by atoms with Gasteiger partial charge in [0.05, 0.1) is 15.6 Å². The molecule has 33 heavy (non-hydrogen) atoms. The lowest BCUT2D eigenvalue weighted by molar-refractivity contribution is 0.101. The lowest BCUT2D eigenvalue weighted by Gasteiger charge is -2.09. The number of benzene rings is 2. The topological polar surface area (TPSA) is 80.3 Å². The molecule has 2 aromatic carbocycles. The van der Waals surface area contributed by atoms with Gasteiger partial charge >= 0.3 is 0 Å². The predicted octanol–water partition coefficient (Wildman–Crippen LogP) is 5.67. The maximum atomic E-state index is 13.4. The lowest BCUT2D eigenvalue weighted by Crippen LogP contribution is -2.11. The van der Waals surface area contributed by atoms with E-state index in [4.69, 9.17) is 4.74 Å². The van der Waals surface area contributed by atoms with Crippen LogP contribution in [0, 0.1) is 12.7 Å². The Morgan fingerprint density at radius 3 is 2.61 bits per heavy atom. The van der Waals surface area contributed by atoms with Gasteiger partial charge in [-0.05, 0) is 61.0 Å². The minimum absolute atomic E-state index is 0.203. The second-order valence-corrected chi connectivity index (χ2v) is 8.23. The molecule has 0 aliphatic carbocycles. The van der Waals surface area contributed by atoms with E-state index in [0.717, 1.165) is 28.7 Å². The molecule has 2 amide bonds. The summed E-state index contributed by atoms with van der Waals surface area (Å²) in [6.45, 7) is 2.10. The second kappa shape index (κ2) is 10.1. The van der Waals surface area contributed by atoms with E-state index in [9.17, 15) is 14.0 Å². The summed E-state index contributed by atoms with van der Waals surface area (Å²) in [7, 11) is 0. The van der Waals surface area contributed by atoms with Crippen molar-refractivity contribution in [3.8, 4) is 5.75 Å². The summed E-state index contributed by atoms with van der Waals surface area (Å²) in [6, 6.07) is 19.8. The molecule has 0 bridgehead atoms. The fraction of sp³-hybridized carbons (Fsp3) is 0.0800. The molecule has 0 atom stereocenters. The van der Waals surface area contributed by atoms with Gasteiger partial charge in [-0.3, -0.25) is 14.6 Å². The number of thiophene rings is 1. The normalized spacial score (nSPS) is 10.5. The molecule has 2 N–H and O–H groups in total. The molecular weight excluding hydrogens is 441 g/mol. The molecule has 166 valence electrons. The van der Waals surface area contributed by atoms with Gasteiger partial charge in [-0.2, -0.15) is 0 Å². The van der Waals surface area contributed by atoms with Crippen molar-refractivity contribution < 1.29 is 18.7 Å². The lowest BCUT2D eigenvalue weighted by atomic mass is 10.2. The van der Waals surface area contributed by atoms with Crippen molar-refractivity contribution in [3.63, 3.8) is 0 Å². The first-order valence-electron chi connectivity index (χ1n) is 10.1. The number of hydrogen-bond donors (Lipinski definition) is 2. The fourth-order valence-electron chi connectivity index (χ4n) is 3.08. The van der Waals surface area contributed by atoms with Crippen LogP contribution in [0.3, 0.4) is 0 Å². The Balaban J connectivity index is 1.40. The molecular formula is C25H20FN3O3S. The van der Waals surface area contributed by atoms with E-state index in [2.05, 4.69) is 15.6 Å². The average Bonchev–Trinajstić information content (AvgIpc) is 3.18. The molecule has 0 unspecified atom stereocenters. The summed E-state index contributed by atoms with van der Waals surface area (Å²) >= 11 is 1.15. The molecule has 8 heteroatoms. The van der Waals surface area contributed by atoms with Crippen LogP contribution in [0.15, 0.2) is 79.0 Å². The highest BCUT2D eigenvalue weighted by Gasteiger charge is 2.16. The predicted molar refractivity (Wildman–Crippen MR) is 126 cm³/mol. The molecule has 0 aliphatic heterocycles. The molecule has 6 nitrogen and oxygen atoms in total. The number of nitrogens with one attached hydrogen (secondary N) is 2. The standard InChI is InChI=1S/C25H20FN3O3S/c1-16-12-22(29-24(30)17-6-4-7-18(26)13-17)33-23(16)25(31)28-19-9-5-10-21(14-19)32-15-20-8-2-3-11-27-20/h2-14H,15H2,1H3,(H,28,31)(H,29,30). The molecule has 0 spiro atoms. The van der Waals surface area contributed by atoms with Gasteiger partial charge in [0.2, 0.25) is 0 Å². The van der Waals surface area contributed by atoms with Crippen LogP contribution in [0.25, 0.3) is 0 Å². The highest BCUT2D eigenvalue weighted by molar-refractivity contribution is 7.18. The van der Waals surface area contributed by atoms with Gasteiger partial charge in [0, 0.05) is 23.5 Å². The van der Waals surface area contributed by atoms with Crippen LogP contribution in [0.1, 0.15) is 31.3 Å². The van der Waals surface area contributed by atoms with Gasteiger partial charge < -0.3 is 15.4 Å². The molecule has 0 radical (unpaired) electrons. The van der Waals surface area contributed by atoms with Gasteiger partial charge in [-0.15, -0.1) is 11.3 Å². The highest BCUT2D eigenvalue weighted by atomic mass is 32.1. The molecule has 0 saturated heterocycles. The van der Waals surface area contributed by atoms with Crippen molar-refractivity contribution in [3.05, 3.63) is 107 Å². The van der Waals surface area contributed by atoms with Crippen molar-refractivity contribution in [2.75, 3.05) is 10.6 Å². The van der Waals surface area contributed by atoms with Gasteiger partial charge in [-0.1, -0.05) is 18.2 Å². The number of carbonyl (C=O) groups is 2. The number of anilines is 2. The Kier molecular flexibility index (Phi) is 6.75. The number of hydrogen-bond acceptors (Lipinski definition) is 5. The third-order valence-corrected chi connectivity index (χ3v) is 5.80. The van der Waals surface area contributed by atoms with Crippen LogP contribution in [-0.2, 0) is 6.61 Å². The number of halogens is 1. The minimum atomic E-state index is -0.490. The van der Waals surface area contributed by atoms with E-state index in [0.29, 0.717) is 27.9 Å². The SMILES string of the molecule is Cc1cc(NC(=O)c2cccc(F)c2)sc1C(=O)Nc1cccc(OCc2ccccn2)c1. The zero-order chi connectivity index (χ0) is 23.2. The molecule has 0 saturated carbocycles. The van der Waals surface area contributed by atoms with E-state index < -0.39 is 11.7 Å². The van der Waals surface area contributed by atoms with Crippen LogP contribution < -0.4 is 15.4 Å².